The summed E-state index contributed by atoms with van der Waals surface area (Å²) in [4.78, 5) is 10.8. The molecule has 0 spiro atoms. The molecule has 1 rings (SSSR count). The van der Waals surface area contributed by atoms with Crippen molar-refractivity contribution >= 4 is 5.97 Å². The van der Waals surface area contributed by atoms with Gasteiger partial charge in [0.2, 0.25) is 0 Å². The normalized spacial score (nSPS) is 30.6. The molecule has 2 N–H and O–H groups in total. The maximum atomic E-state index is 10.8. The Kier molecular flexibility index (Phi) is 2.06. The maximum Gasteiger partial charge on any atom is 0.312 e. The van der Waals surface area contributed by atoms with E-state index < -0.39 is 0 Å². The average Bonchev–Trinajstić information content (AvgIpc) is 2.34. The summed E-state index contributed by atoms with van der Waals surface area (Å²) >= 11 is 0. The number of hydrogen-bond donors (Lipinski definition) is 1. The number of carbonyl (C=O) groups excluding carboxylic acids is 1. The maximum absolute atomic E-state index is 10.8. The highest BCUT2D eigenvalue weighted by Crippen LogP contribution is 2.16. The second kappa shape index (κ2) is 2.84. The predicted molar refractivity (Wildman–Crippen MR) is 37.2 cm³/mol. The number of esters is 1. The molecule has 0 heterocycles. The van der Waals surface area contributed by atoms with Crippen LogP contribution in [0.25, 0.3) is 0 Å². The molecule has 0 saturated carbocycles. The molecular formula is C7H11NO2. The molecule has 0 radical (unpaired) electrons. The van der Waals surface area contributed by atoms with E-state index in [4.69, 9.17) is 5.73 Å². The quantitative estimate of drug-likeness (QED) is 0.415. The Morgan fingerprint density at radius 1 is 1.70 bits per heavy atom. The summed E-state index contributed by atoms with van der Waals surface area (Å²) in [7, 11) is 1.39. The van der Waals surface area contributed by atoms with Crippen LogP contribution in [-0.2, 0) is 9.53 Å². The van der Waals surface area contributed by atoms with Crippen LogP contribution in [0.1, 0.15) is 6.42 Å². The zero-order valence-electron chi connectivity index (χ0n) is 5.91. The number of hydrogen-bond acceptors (Lipinski definition) is 3. The van der Waals surface area contributed by atoms with Crippen molar-refractivity contribution in [2.75, 3.05) is 7.11 Å². The Hall–Kier alpha value is -0.830. The SMILES string of the molecule is COC(=O)[C@@H]1C=C[C@@H](N)C1. The summed E-state index contributed by atoms with van der Waals surface area (Å²) in [5.74, 6) is -0.302. The van der Waals surface area contributed by atoms with Gasteiger partial charge in [-0.15, -0.1) is 0 Å². The molecule has 0 bridgehead atoms. The Morgan fingerprint density at radius 3 is 2.80 bits per heavy atom. The van der Waals surface area contributed by atoms with Crippen molar-refractivity contribution < 1.29 is 9.53 Å². The average molecular weight is 141 g/mol. The van der Waals surface area contributed by atoms with Gasteiger partial charge < -0.3 is 10.5 Å². The van der Waals surface area contributed by atoms with Crippen LogP contribution in [0.4, 0.5) is 0 Å². The minimum absolute atomic E-state index is 0.0316. The van der Waals surface area contributed by atoms with Gasteiger partial charge in [0.05, 0.1) is 13.0 Å². The van der Waals surface area contributed by atoms with Gasteiger partial charge in [-0.25, -0.2) is 0 Å². The van der Waals surface area contributed by atoms with Crippen LogP contribution in [0.2, 0.25) is 0 Å². The van der Waals surface area contributed by atoms with Crippen molar-refractivity contribution in [2.24, 2.45) is 11.7 Å². The van der Waals surface area contributed by atoms with Crippen molar-refractivity contribution in [2.45, 2.75) is 12.5 Å². The van der Waals surface area contributed by atoms with E-state index in [9.17, 15) is 4.79 Å². The van der Waals surface area contributed by atoms with Crippen LogP contribution >= 0.6 is 0 Å². The molecule has 0 fully saturated rings. The van der Waals surface area contributed by atoms with Gasteiger partial charge in [-0.1, -0.05) is 12.2 Å². The number of nitrogens with two attached hydrogens (primary N) is 1. The minimum atomic E-state index is -0.191. The molecule has 0 aromatic heterocycles. The first-order valence-electron chi connectivity index (χ1n) is 3.26. The lowest BCUT2D eigenvalue weighted by molar-refractivity contribution is -0.143. The summed E-state index contributed by atoms with van der Waals surface area (Å²) in [6.45, 7) is 0. The number of ether oxygens (including phenoxy) is 1. The van der Waals surface area contributed by atoms with Crippen LogP contribution in [0.5, 0.6) is 0 Å². The fourth-order valence-electron chi connectivity index (χ4n) is 1.05. The van der Waals surface area contributed by atoms with Crippen molar-refractivity contribution in [3.8, 4) is 0 Å². The van der Waals surface area contributed by atoms with Gasteiger partial charge >= 0.3 is 5.97 Å². The van der Waals surface area contributed by atoms with Crippen molar-refractivity contribution in [1.29, 1.82) is 0 Å². The highest BCUT2D eigenvalue weighted by molar-refractivity contribution is 5.75. The number of carbonyl (C=O) groups is 1. The van der Waals surface area contributed by atoms with Crippen molar-refractivity contribution in [1.82, 2.24) is 0 Å². The van der Waals surface area contributed by atoms with Gasteiger partial charge in [0.1, 0.15) is 0 Å². The third-order valence-electron chi connectivity index (χ3n) is 1.62. The summed E-state index contributed by atoms with van der Waals surface area (Å²) in [6, 6.07) is 0.0316. The molecule has 56 valence electrons. The summed E-state index contributed by atoms with van der Waals surface area (Å²) in [5.41, 5.74) is 5.52. The van der Waals surface area contributed by atoms with E-state index in [0.717, 1.165) is 0 Å². The first-order chi connectivity index (χ1) is 4.74. The van der Waals surface area contributed by atoms with Gasteiger partial charge in [-0.3, -0.25) is 4.79 Å². The van der Waals surface area contributed by atoms with E-state index in [1.54, 1.807) is 6.08 Å². The molecule has 0 aromatic rings. The largest absolute Gasteiger partial charge is 0.469 e. The molecule has 3 heteroatoms. The third-order valence-corrected chi connectivity index (χ3v) is 1.62. The lowest BCUT2D eigenvalue weighted by Crippen LogP contribution is -2.19. The Morgan fingerprint density at radius 2 is 2.40 bits per heavy atom. The van der Waals surface area contributed by atoms with Crippen molar-refractivity contribution in [3.05, 3.63) is 12.2 Å². The third kappa shape index (κ3) is 1.36. The van der Waals surface area contributed by atoms with Crippen LogP contribution < -0.4 is 5.73 Å². The Bertz CT molecular complexity index is 165. The first kappa shape index (κ1) is 7.28. The Balaban J connectivity index is 2.46. The first-order valence-corrected chi connectivity index (χ1v) is 3.26. The van der Waals surface area contributed by atoms with Gasteiger partial charge in [-0.2, -0.15) is 0 Å². The van der Waals surface area contributed by atoms with Gasteiger partial charge in [0, 0.05) is 6.04 Å². The van der Waals surface area contributed by atoms with E-state index in [1.165, 1.54) is 7.11 Å². The van der Waals surface area contributed by atoms with Crippen LogP contribution in [-0.4, -0.2) is 19.1 Å². The topological polar surface area (TPSA) is 52.3 Å². The van der Waals surface area contributed by atoms with E-state index in [0.29, 0.717) is 6.42 Å². The summed E-state index contributed by atoms with van der Waals surface area (Å²) in [5, 5.41) is 0. The van der Waals surface area contributed by atoms with E-state index in [2.05, 4.69) is 4.74 Å². The standard InChI is InChI=1S/C7H11NO2/c1-10-7(9)5-2-3-6(8)4-5/h2-3,5-6H,4,8H2,1H3/t5-,6-/m1/s1. The van der Waals surface area contributed by atoms with E-state index >= 15 is 0 Å². The van der Waals surface area contributed by atoms with E-state index in [-0.39, 0.29) is 17.9 Å². The second-order valence-electron chi connectivity index (χ2n) is 2.41. The van der Waals surface area contributed by atoms with Crippen LogP contribution in [0.3, 0.4) is 0 Å². The zero-order valence-corrected chi connectivity index (χ0v) is 5.91. The highest BCUT2D eigenvalue weighted by Gasteiger charge is 2.22. The number of rotatable bonds is 1. The lowest BCUT2D eigenvalue weighted by atomic mass is 10.1. The van der Waals surface area contributed by atoms with Gasteiger partial charge in [0.25, 0.3) is 0 Å². The molecule has 10 heavy (non-hydrogen) atoms. The van der Waals surface area contributed by atoms with Gasteiger partial charge in [0.15, 0.2) is 0 Å². The minimum Gasteiger partial charge on any atom is -0.469 e. The molecule has 0 unspecified atom stereocenters. The molecule has 0 amide bonds. The Labute approximate surface area is 59.8 Å². The molecular weight excluding hydrogens is 130 g/mol. The lowest BCUT2D eigenvalue weighted by Gasteiger charge is -2.04. The molecule has 0 aromatic carbocycles. The van der Waals surface area contributed by atoms with Crippen LogP contribution in [0, 0.1) is 5.92 Å². The molecule has 1 aliphatic carbocycles. The summed E-state index contributed by atoms with van der Waals surface area (Å²) in [6.07, 6.45) is 4.32. The van der Waals surface area contributed by atoms with Crippen molar-refractivity contribution in [3.63, 3.8) is 0 Å². The second-order valence-corrected chi connectivity index (χ2v) is 2.41. The fourth-order valence-corrected chi connectivity index (χ4v) is 1.05. The highest BCUT2D eigenvalue weighted by atomic mass is 16.5. The monoisotopic (exact) mass is 141 g/mol. The summed E-state index contributed by atoms with van der Waals surface area (Å²) < 4.78 is 4.54. The predicted octanol–water partition coefficient (Wildman–Crippen LogP) is 0.0628. The molecule has 3 nitrogen and oxygen atoms in total. The molecule has 1 aliphatic rings. The zero-order chi connectivity index (χ0) is 7.56. The fraction of sp³-hybridized carbons (Fsp3) is 0.571. The molecule has 2 atom stereocenters. The molecule has 0 aliphatic heterocycles. The van der Waals surface area contributed by atoms with Gasteiger partial charge in [-0.05, 0) is 6.42 Å². The molecule has 0 saturated heterocycles. The smallest absolute Gasteiger partial charge is 0.312 e. The number of methoxy groups -OCH3 is 1. The van der Waals surface area contributed by atoms with E-state index in [1.807, 2.05) is 6.08 Å². The van der Waals surface area contributed by atoms with Crippen LogP contribution in [0.15, 0.2) is 12.2 Å².